The van der Waals surface area contributed by atoms with E-state index in [0.29, 0.717) is 25.9 Å². The van der Waals surface area contributed by atoms with Crippen molar-refractivity contribution in [3.8, 4) is 16.9 Å². The minimum Gasteiger partial charge on any atom is -0.488 e. The minimum absolute atomic E-state index is 0.0115. The van der Waals surface area contributed by atoms with E-state index in [4.69, 9.17) is 4.74 Å². The Morgan fingerprint density at radius 2 is 2.09 bits per heavy atom. The molecular formula is C26H29N3O4S. The number of carbonyl (C=O) groups is 1. The summed E-state index contributed by atoms with van der Waals surface area (Å²) in [7, 11) is -1.03. The van der Waals surface area contributed by atoms with E-state index in [1.165, 1.54) is 10.9 Å². The number of fused-ring (bicyclic) bond motifs is 3. The molecule has 8 heteroatoms. The second kappa shape index (κ2) is 9.35. The van der Waals surface area contributed by atoms with Gasteiger partial charge in [-0.1, -0.05) is 24.3 Å². The summed E-state index contributed by atoms with van der Waals surface area (Å²) in [5.41, 5.74) is 3.39. The summed E-state index contributed by atoms with van der Waals surface area (Å²) in [4.78, 5) is 18.6. The zero-order valence-corrected chi connectivity index (χ0v) is 20.1. The first kappa shape index (κ1) is 22.8. The van der Waals surface area contributed by atoms with Gasteiger partial charge in [0.1, 0.15) is 11.9 Å². The van der Waals surface area contributed by atoms with E-state index in [1.54, 1.807) is 6.20 Å². The van der Waals surface area contributed by atoms with E-state index < -0.39 is 9.84 Å². The Morgan fingerprint density at radius 3 is 2.85 bits per heavy atom. The zero-order valence-electron chi connectivity index (χ0n) is 19.2. The number of benzene rings is 2. The average Bonchev–Trinajstić information content (AvgIpc) is 3.44. The standard InChI is InChI=1S/C26H29N3O4S/c1-29(21-9-12-34(31,32)17-21)11-8-26(30)28-16-22-14-24-23-6-4-18(20-3-2-10-27-15-20)13-19(23)5-7-25(24)33-22/h2-7,10,13,15,21-22H,8-9,11-12,14,16-17H2,1H3,(H,28,30). The van der Waals surface area contributed by atoms with Gasteiger partial charge >= 0.3 is 0 Å². The SMILES string of the molecule is CN(CCC(=O)NCC1Cc2c(ccc3cc(-c4cccnc4)ccc23)O1)C1CCS(=O)(=O)C1. The second-order valence-corrected chi connectivity index (χ2v) is 11.5. The third-order valence-corrected chi connectivity index (χ3v) is 8.61. The third kappa shape index (κ3) is 4.93. The summed E-state index contributed by atoms with van der Waals surface area (Å²) < 4.78 is 29.4. The molecule has 2 aromatic carbocycles. The smallest absolute Gasteiger partial charge is 0.221 e. The number of ether oxygens (including phenoxy) is 1. The molecule has 2 aliphatic rings. The highest BCUT2D eigenvalue weighted by Crippen LogP contribution is 2.36. The first-order valence-corrected chi connectivity index (χ1v) is 13.5. The van der Waals surface area contributed by atoms with E-state index >= 15 is 0 Å². The molecule has 0 spiro atoms. The molecule has 0 bridgehead atoms. The minimum atomic E-state index is -2.92. The molecule has 2 unspecified atom stereocenters. The van der Waals surface area contributed by atoms with Crippen LogP contribution in [-0.2, 0) is 21.1 Å². The lowest BCUT2D eigenvalue weighted by Gasteiger charge is -2.22. The molecule has 34 heavy (non-hydrogen) atoms. The summed E-state index contributed by atoms with van der Waals surface area (Å²) >= 11 is 0. The summed E-state index contributed by atoms with van der Waals surface area (Å²) in [5.74, 6) is 1.27. The van der Waals surface area contributed by atoms with Crippen molar-refractivity contribution in [2.75, 3.05) is 31.6 Å². The highest BCUT2D eigenvalue weighted by atomic mass is 32.2. The molecular weight excluding hydrogens is 450 g/mol. The van der Waals surface area contributed by atoms with Gasteiger partial charge < -0.3 is 15.0 Å². The van der Waals surface area contributed by atoms with Crippen LogP contribution in [0.25, 0.3) is 21.9 Å². The Kier molecular flexibility index (Phi) is 6.27. The summed E-state index contributed by atoms with van der Waals surface area (Å²) in [5, 5.41) is 5.32. The van der Waals surface area contributed by atoms with Crippen molar-refractivity contribution < 1.29 is 17.9 Å². The fourth-order valence-electron chi connectivity index (χ4n) is 4.87. The Morgan fingerprint density at radius 1 is 1.21 bits per heavy atom. The van der Waals surface area contributed by atoms with Crippen molar-refractivity contribution >= 4 is 26.5 Å². The van der Waals surface area contributed by atoms with E-state index in [-0.39, 0.29) is 29.6 Å². The van der Waals surface area contributed by atoms with Gasteiger partial charge in [0, 0.05) is 48.9 Å². The van der Waals surface area contributed by atoms with Gasteiger partial charge in [0.05, 0.1) is 18.1 Å². The first-order chi connectivity index (χ1) is 16.4. The van der Waals surface area contributed by atoms with Gasteiger partial charge in [-0.3, -0.25) is 9.78 Å². The van der Waals surface area contributed by atoms with Crippen LogP contribution in [0.5, 0.6) is 5.75 Å². The predicted molar refractivity (Wildman–Crippen MR) is 133 cm³/mol. The molecule has 5 rings (SSSR count). The maximum Gasteiger partial charge on any atom is 0.221 e. The molecule has 0 radical (unpaired) electrons. The molecule has 1 saturated heterocycles. The lowest BCUT2D eigenvalue weighted by molar-refractivity contribution is -0.121. The molecule has 1 N–H and O–H groups in total. The van der Waals surface area contributed by atoms with E-state index in [9.17, 15) is 13.2 Å². The highest BCUT2D eigenvalue weighted by Gasteiger charge is 2.30. The molecule has 0 saturated carbocycles. The molecule has 3 aromatic rings. The maximum absolute atomic E-state index is 12.4. The molecule has 3 heterocycles. The number of sulfone groups is 1. The van der Waals surface area contributed by atoms with E-state index in [0.717, 1.165) is 28.7 Å². The molecule has 2 atom stereocenters. The van der Waals surface area contributed by atoms with Crippen molar-refractivity contribution in [2.45, 2.75) is 31.4 Å². The Hall–Kier alpha value is -2.97. The van der Waals surface area contributed by atoms with Crippen molar-refractivity contribution in [1.29, 1.82) is 0 Å². The number of carbonyl (C=O) groups excluding carboxylic acids is 1. The van der Waals surface area contributed by atoms with Crippen molar-refractivity contribution in [3.05, 3.63) is 60.4 Å². The van der Waals surface area contributed by atoms with Gasteiger partial charge in [0.2, 0.25) is 5.91 Å². The molecule has 2 aliphatic heterocycles. The molecule has 1 fully saturated rings. The van der Waals surface area contributed by atoms with Crippen LogP contribution in [0.4, 0.5) is 0 Å². The number of amides is 1. The predicted octanol–water partition coefficient (Wildman–Crippen LogP) is 2.83. The number of nitrogens with zero attached hydrogens (tertiary/aromatic N) is 2. The number of rotatable bonds is 7. The van der Waals surface area contributed by atoms with Crippen LogP contribution >= 0.6 is 0 Å². The molecule has 0 aliphatic carbocycles. The Bertz CT molecular complexity index is 1310. The van der Waals surface area contributed by atoms with Crippen LogP contribution in [0.3, 0.4) is 0 Å². The maximum atomic E-state index is 12.4. The van der Waals surface area contributed by atoms with Crippen molar-refractivity contribution in [2.24, 2.45) is 0 Å². The fraction of sp³-hybridized carbons (Fsp3) is 0.385. The van der Waals surface area contributed by atoms with Crippen molar-refractivity contribution in [1.82, 2.24) is 15.2 Å². The van der Waals surface area contributed by atoms with Gasteiger partial charge in [-0.15, -0.1) is 0 Å². The zero-order chi connectivity index (χ0) is 23.7. The number of aromatic nitrogens is 1. The summed E-state index contributed by atoms with van der Waals surface area (Å²) in [6.07, 6.45) is 5.27. The van der Waals surface area contributed by atoms with Gasteiger partial charge in [0.15, 0.2) is 9.84 Å². The summed E-state index contributed by atoms with van der Waals surface area (Å²) in [6, 6.07) is 14.5. The van der Waals surface area contributed by atoms with Crippen molar-refractivity contribution in [3.63, 3.8) is 0 Å². The highest BCUT2D eigenvalue weighted by molar-refractivity contribution is 7.91. The molecule has 1 aromatic heterocycles. The lowest BCUT2D eigenvalue weighted by atomic mass is 9.97. The number of hydrogen-bond donors (Lipinski definition) is 1. The van der Waals surface area contributed by atoms with Crippen LogP contribution < -0.4 is 10.1 Å². The number of pyridine rings is 1. The second-order valence-electron chi connectivity index (χ2n) is 9.26. The third-order valence-electron chi connectivity index (χ3n) is 6.86. The van der Waals surface area contributed by atoms with Gasteiger partial charge in [-0.05, 0) is 48.0 Å². The average molecular weight is 480 g/mol. The normalized spacial score (nSPS) is 20.9. The topological polar surface area (TPSA) is 88.6 Å². The Balaban J connectivity index is 1.16. The Labute approximate surface area is 200 Å². The fourth-order valence-corrected chi connectivity index (χ4v) is 6.68. The summed E-state index contributed by atoms with van der Waals surface area (Å²) in [6.45, 7) is 0.992. The van der Waals surface area contributed by atoms with Gasteiger partial charge in [0.25, 0.3) is 0 Å². The first-order valence-electron chi connectivity index (χ1n) is 11.7. The van der Waals surface area contributed by atoms with E-state index in [2.05, 4.69) is 40.6 Å². The largest absolute Gasteiger partial charge is 0.488 e. The number of nitrogens with one attached hydrogen (secondary N) is 1. The molecule has 1 amide bonds. The quantitative estimate of drug-likeness (QED) is 0.561. The van der Waals surface area contributed by atoms with Crippen LogP contribution in [0.15, 0.2) is 54.9 Å². The van der Waals surface area contributed by atoms with Crippen LogP contribution in [0.2, 0.25) is 0 Å². The van der Waals surface area contributed by atoms with E-state index in [1.807, 2.05) is 30.3 Å². The number of hydrogen-bond acceptors (Lipinski definition) is 6. The molecule has 7 nitrogen and oxygen atoms in total. The van der Waals surface area contributed by atoms with Crippen LogP contribution in [0.1, 0.15) is 18.4 Å². The lowest BCUT2D eigenvalue weighted by Crippen LogP contribution is -2.38. The molecule has 178 valence electrons. The van der Waals surface area contributed by atoms with Gasteiger partial charge in [-0.25, -0.2) is 8.42 Å². The van der Waals surface area contributed by atoms with Crippen LogP contribution in [0, 0.1) is 0 Å². The van der Waals surface area contributed by atoms with Gasteiger partial charge in [-0.2, -0.15) is 0 Å². The monoisotopic (exact) mass is 479 g/mol. The van der Waals surface area contributed by atoms with Crippen LogP contribution in [-0.4, -0.2) is 68.0 Å².